The molecule has 0 saturated heterocycles. The summed E-state index contributed by atoms with van der Waals surface area (Å²) in [7, 11) is 1.60. The van der Waals surface area contributed by atoms with Gasteiger partial charge in [-0.05, 0) is 31.2 Å². The molecule has 132 valence electrons. The Kier molecular flexibility index (Phi) is 4.04. The van der Waals surface area contributed by atoms with Gasteiger partial charge >= 0.3 is 0 Å². The van der Waals surface area contributed by atoms with E-state index in [-0.39, 0.29) is 12.5 Å². The van der Waals surface area contributed by atoms with Crippen LogP contribution in [0.25, 0.3) is 11.4 Å². The van der Waals surface area contributed by atoms with Crippen LogP contribution in [-0.2, 0) is 11.3 Å². The van der Waals surface area contributed by atoms with Gasteiger partial charge in [0, 0.05) is 5.56 Å². The van der Waals surface area contributed by atoms with Crippen LogP contribution in [-0.4, -0.2) is 29.3 Å². The normalized spacial score (nSPS) is 16.2. The summed E-state index contributed by atoms with van der Waals surface area (Å²) in [4.78, 5) is 18.6. The van der Waals surface area contributed by atoms with Crippen LogP contribution in [0.1, 0.15) is 12.8 Å². The molecule has 7 heteroatoms. The smallest absolute Gasteiger partial charge is 0.268 e. The Morgan fingerprint density at radius 3 is 2.88 bits per heavy atom. The van der Waals surface area contributed by atoms with E-state index in [2.05, 4.69) is 10.1 Å². The first-order valence-electron chi connectivity index (χ1n) is 8.20. The molecule has 0 aliphatic carbocycles. The summed E-state index contributed by atoms with van der Waals surface area (Å²) in [6, 6.07) is 14.8. The number of carbonyl (C=O) groups is 1. The van der Waals surface area contributed by atoms with Crippen molar-refractivity contribution in [2.45, 2.75) is 19.6 Å². The van der Waals surface area contributed by atoms with E-state index >= 15 is 0 Å². The van der Waals surface area contributed by atoms with Crippen molar-refractivity contribution in [1.29, 1.82) is 0 Å². The van der Waals surface area contributed by atoms with Crippen LogP contribution < -0.4 is 14.4 Å². The predicted octanol–water partition coefficient (Wildman–Crippen LogP) is 3.06. The van der Waals surface area contributed by atoms with Gasteiger partial charge in [0.1, 0.15) is 18.0 Å². The number of nitrogens with zero attached hydrogens (tertiary/aromatic N) is 3. The SMILES string of the molecule is COc1cccc(-c2noc(CN3C(=O)[C@@H](C)Oc4ccccc43)n2)c1. The predicted molar refractivity (Wildman–Crippen MR) is 94.0 cm³/mol. The van der Waals surface area contributed by atoms with Crippen LogP contribution in [0.4, 0.5) is 5.69 Å². The van der Waals surface area contributed by atoms with Crippen LogP contribution in [0.5, 0.6) is 11.5 Å². The first-order chi connectivity index (χ1) is 12.7. The zero-order chi connectivity index (χ0) is 18.1. The van der Waals surface area contributed by atoms with Crippen molar-refractivity contribution < 1.29 is 18.8 Å². The molecule has 2 aromatic carbocycles. The van der Waals surface area contributed by atoms with Gasteiger partial charge in [-0.3, -0.25) is 9.69 Å². The van der Waals surface area contributed by atoms with Crippen molar-refractivity contribution in [3.05, 3.63) is 54.4 Å². The minimum Gasteiger partial charge on any atom is -0.497 e. The van der Waals surface area contributed by atoms with Gasteiger partial charge in [0.2, 0.25) is 11.7 Å². The number of para-hydroxylation sites is 2. The lowest BCUT2D eigenvalue weighted by Crippen LogP contribution is -2.44. The highest BCUT2D eigenvalue weighted by molar-refractivity contribution is 5.99. The molecule has 0 unspecified atom stereocenters. The Bertz CT molecular complexity index is 953. The van der Waals surface area contributed by atoms with Crippen LogP contribution in [0.15, 0.2) is 53.1 Å². The second kappa shape index (κ2) is 6.51. The molecule has 0 spiro atoms. The Morgan fingerprint density at radius 2 is 2.04 bits per heavy atom. The molecular weight excluding hydrogens is 334 g/mol. The number of hydrogen-bond donors (Lipinski definition) is 0. The van der Waals surface area contributed by atoms with Crippen molar-refractivity contribution in [1.82, 2.24) is 10.1 Å². The number of hydrogen-bond acceptors (Lipinski definition) is 6. The van der Waals surface area contributed by atoms with Gasteiger partial charge in [0.05, 0.1) is 12.8 Å². The van der Waals surface area contributed by atoms with E-state index in [4.69, 9.17) is 14.0 Å². The molecule has 1 aromatic heterocycles. The third-order valence-electron chi connectivity index (χ3n) is 4.16. The lowest BCUT2D eigenvalue weighted by atomic mass is 10.2. The number of fused-ring (bicyclic) bond motifs is 1. The zero-order valence-electron chi connectivity index (χ0n) is 14.4. The largest absolute Gasteiger partial charge is 0.497 e. The molecule has 0 fully saturated rings. The van der Waals surface area contributed by atoms with E-state index in [9.17, 15) is 4.79 Å². The molecule has 0 saturated carbocycles. The van der Waals surface area contributed by atoms with E-state index < -0.39 is 6.10 Å². The third kappa shape index (κ3) is 2.88. The summed E-state index contributed by atoms with van der Waals surface area (Å²) in [5.74, 6) is 2.01. The number of benzene rings is 2. The Morgan fingerprint density at radius 1 is 1.19 bits per heavy atom. The molecule has 0 radical (unpaired) electrons. The van der Waals surface area contributed by atoms with E-state index in [1.54, 1.807) is 18.9 Å². The standard InChI is InChI=1S/C19H17N3O4/c1-12-19(23)22(15-8-3-4-9-16(15)25-12)11-17-20-18(21-26-17)13-6-5-7-14(10-13)24-2/h3-10,12H,11H2,1-2H3/t12-/m1/s1. The maximum Gasteiger partial charge on any atom is 0.268 e. The summed E-state index contributed by atoms with van der Waals surface area (Å²) < 4.78 is 16.2. The first kappa shape index (κ1) is 16.1. The fourth-order valence-electron chi connectivity index (χ4n) is 2.86. The lowest BCUT2D eigenvalue weighted by molar-refractivity contribution is -0.125. The number of rotatable bonds is 4. The number of aromatic nitrogens is 2. The molecule has 7 nitrogen and oxygen atoms in total. The minimum absolute atomic E-state index is 0.148. The first-order valence-corrected chi connectivity index (χ1v) is 8.20. The average Bonchev–Trinajstić information content (AvgIpc) is 3.14. The summed E-state index contributed by atoms with van der Waals surface area (Å²) in [6.07, 6.45) is -0.564. The zero-order valence-corrected chi connectivity index (χ0v) is 14.4. The lowest BCUT2D eigenvalue weighted by Gasteiger charge is -2.31. The average molecular weight is 351 g/mol. The topological polar surface area (TPSA) is 77.7 Å². The van der Waals surface area contributed by atoms with Gasteiger partial charge in [-0.2, -0.15) is 4.98 Å². The summed E-state index contributed by atoms with van der Waals surface area (Å²) in [5.41, 5.74) is 1.47. The fourth-order valence-corrected chi connectivity index (χ4v) is 2.86. The maximum atomic E-state index is 12.5. The van der Waals surface area contributed by atoms with Crippen LogP contribution in [0, 0.1) is 0 Å². The van der Waals surface area contributed by atoms with Crippen LogP contribution >= 0.6 is 0 Å². The maximum absolute atomic E-state index is 12.5. The fraction of sp³-hybridized carbons (Fsp3) is 0.211. The van der Waals surface area contributed by atoms with Gasteiger partial charge in [-0.1, -0.05) is 29.4 Å². The van der Waals surface area contributed by atoms with Crippen molar-refractivity contribution in [2.24, 2.45) is 0 Å². The Hall–Kier alpha value is -3.35. The van der Waals surface area contributed by atoms with E-state index in [0.29, 0.717) is 28.9 Å². The molecule has 2 heterocycles. The molecule has 3 aromatic rings. The quantitative estimate of drug-likeness (QED) is 0.719. The molecule has 1 aliphatic heterocycles. The second-order valence-corrected chi connectivity index (χ2v) is 5.90. The Balaban J connectivity index is 1.62. The third-order valence-corrected chi connectivity index (χ3v) is 4.16. The van der Waals surface area contributed by atoms with Gasteiger partial charge in [0.25, 0.3) is 5.91 Å². The molecule has 1 atom stereocenters. The van der Waals surface area contributed by atoms with E-state index in [1.165, 1.54) is 0 Å². The molecule has 1 aliphatic rings. The van der Waals surface area contributed by atoms with Crippen molar-refractivity contribution in [3.63, 3.8) is 0 Å². The Labute approximate surface area is 150 Å². The molecule has 26 heavy (non-hydrogen) atoms. The van der Waals surface area contributed by atoms with E-state index in [1.807, 2.05) is 48.5 Å². The van der Waals surface area contributed by atoms with Gasteiger partial charge in [-0.15, -0.1) is 0 Å². The van der Waals surface area contributed by atoms with Crippen LogP contribution in [0.3, 0.4) is 0 Å². The summed E-state index contributed by atoms with van der Waals surface area (Å²) in [6.45, 7) is 1.90. The van der Waals surface area contributed by atoms with Gasteiger partial charge < -0.3 is 14.0 Å². The number of amides is 1. The molecule has 4 rings (SSSR count). The molecular formula is C19H17N3O4. The number of ether oxygens (including phenoxy) is 2. The summed E-state index contributed by atoms with van der Waals surface area (Å²) >= 11 is 0. The van der Waals surface area contributed by atoms with Gasteiger partial charge in [0.15, 0.2) is 6.10 Å². The monoisotopic (exact) mass is 351 g/mol. The minimum atomic E-state index is -0.564. The highest BCUT2D eigenvalue weighted by atomic mass is 16.5. The highest BCUT2D eigenvalue weighted by Gasteiger charge is 2.32. The van der Waals surface area contributed by atoms with Gasteiger partial charge in [-0.25, -0.2) is 0 Å². The van der Waals surface area contributed by atoms with E-state index in [0.717, 1.165) is 5.56 Å². The van der Waals surface area contributed by atoms with Crippen molar-refractivity contribution >= 4 is 11.6 Å². The van der Waals surface area contributed by atoms with Crippen molar-refractivity contribution in [2.75, 3.05) is 12.0 Å². The molecule has 0 bridgehead atoms. The summed E-state index contributed by atoms with van der Waals surface area (Å²) in [5, 5.41) is 4.02. The number of methoxy groups -OCH3 is 1. The second-order valence-electron chi connectivity index (χ2n) is 5.90. The molecule has 1 amide bonds. The number of carbonyl (C=O) groups excluding carboxylic acids is 1. The number of anilines is 1. The highest BCUT2D eigenvalue weighted by Crippen LogP contribution is 2.34. The molecule has 0 N–H and O–H groups in total. The van der Waals surface area contributed by atoms with Crippen LogP contribution in [0.2, 0.25) is 0 Å². The van der Waals surface area contributed by atoms with Crippen molar-refractivity contribution in [3.8, 4) is 22.9 Å².